The van der Waals surface area contributed by atoms with Crippen molar-refractivity contribution in [1.82, 2.24) is 5.32 Å². The minimum atomic E-state index is 0.443. The molecule has 1 aromatic rings. The van der Waals surface area contributed by atoms with Crippen LogP contribution in [0.1, 0.15) is 30.4 Å². The first-order valence-corrected chi connectivity index (χ1v) is 5.75. The highest BCUT2D eigenvalue weighted by Gasteiger charge is 2.16. The Labute approximate surface area is 91.3 Å². The van der Waals surface area contributed by atoms with E-state index in [1.54, 1.807) is 0 Å². The van der Waals surface area contributed by atoms with Crippen molar-refractivity contribution in [1.29, 1.82) is 0 Å². The molecule has 0 saturated heterocycles. The summed E-state index contributed by atoms with van der Waals surface area (Å²) in [6.45, 7) is 3.81. The smallest absolute Gasteiger partial charge is 0.122 e. The summed E-state index contributed by atoms with van der Waals surface area (Å²) in [5.74, 6) is 1.32. The molecule has 1 aliphatic carbocycles. The van der Waals surface area contributed by atoms with Crippen molar-refractivity contribution in [2.45, 2.75) is 32.7 Å². The monoisotopic (exact) mass is 205 g/mol. The number of aromatic hydroxyl groups is 1. The molecule has 2 rings (SSSR count). The van der Waals surface area contributed by atoms with Crippen molar-refractivity contribution in [2.24, 2.45) is 5.92 Å². The Morgan fingerprint density at radius 3 is 2.87 bits per heavy atom. The van der Waals surface area contributed by atoms with Crippen molar-refractivity contribution in [3.63, 3.8) is 0 Å². The molecule has 0 heterocycles. The van der Waals surface area contributed by atoms with Crippen LogP contribution in [0.4, 0.5) is 0 Å². The second-order valence-corrected chi connectivity index (χ2v) is 4.51. The number of hydrogen-bond acceptors (Lipinski definition) is 2. The number of rotatable bonds is 4. The van der Waals surface area contributed by atoms with Crippen molar-refractivity contribution in [3.05, 3.63) is 29.3 Å². The maximum atomic E-state index is 9.79. The van der Waals surface area contributed by atoms with Crippen LogP contribution in [0.25, 0.3) is 0 Å². The lowest BCUT2D eigenvalue weighted by atomic mass is 9.85. The molecule has 0 aromatic heterocycles. The quantitative estimate of drug-likeness (QED) is 0.792. The summed E-state index contributed by atoms with van der Waals surface area (Å²) in [7, 11) is 0. The number of nitrogens with one attached hydrogen (secondary N) is 1. The summed E-state index contributed by atoms with van der Waals surface area (Å²) in [6.07, 6.45) is 4.13. The van der Waals surface area contributed by atoms with Gasteiger partial charge in [0.15, 0.2) is 0 Å². The summed E-state index contributed by atoms with van der Waals surface area (Å²) >= 11 is 0. The largest absolute Gasteiger partial charge is 0.507 e. The van der Waals surface area contributed by atoms with Gasteiger partial charge in [0.2, 0.25) is 0 Å². The first-order chi connectivity index (χ1) is 7.27. The molecule has 2 nitrogen and oxygen atoms in total. The zero-order valence-corrected chi connectivity index (χ0v) is 9.29. The average molecular weight is 205 g/mol. The van der Waals surface area contributed by atoms with Gasteiger partial charge in [0.1, 0.15) is 5.75 Å². The molecule has 1 aliphatic rings. The molecular weight excluding hydrogens is 186 g/mol. The highest BCUT2D eigenvalue weighted by Crippen LogP contribution is 2.26. The molecule has 2 heteroatoms. The third kappa shape index (κ3) is 2.51. The van der Waals surface area contributed by atoms with Crippen LogP contribution < -0.4 is 5.32 Å². The molecule has 0 amide bonds. The molecule has 0 bridgehead atoms. The van der Waals surface area contributed by atoms with E-state index in [0.717, 1.165) is 30.1 Å². The lowest BCUT2D eigenvalue weighted by Crippen LogP contribution is -2.26. The van der Waals surface area contributed by atoms with Gasteiger partial charge in [-0.05, 0) is 37.8 Å². The number of hydrogen-bond donors (Lipinski definition) is 2. The standard InChI is InChI=1S/C13H19NO/c1-10-4-2-7-12(13(10)15)9-14-8-11-5-3-6-11/h2,4,7,11,14-15H,3,5-6,8-9H2,1H3. The fourth-order valence-corrected chi connectivity index (χ4v) is 1.97. The number of benzene rings is 1. The highest BCUT2D eigenvalue weighted by atomic mass is 16.3. The lowest BCUT2D eigenvalue weighted by Gasteiger charge is -2.25. The molecule has 0 radical (unpaired) electrons. The summed E-state index contributed by atoms with van der Waals surface area (Å²) in [5, 5.41) is 13.2. The summed E-state index contributed by atoms with van der Waals surface area (Å²) in [4.78, 5) is 0. The van der Waals surface area contributed by atoms with E-state index in [1.165, 1.54) is 19.3 Å². The lowest BCUT2D eigenvalue weighted by molar-refractivity contribution is 0.300. The maximum Gasteiger partial charge on any atom is 0.122 e. The van der Waals surface area contributed by atoms with E-state index in [9.17, 15) is 5.11 Å². The van der Waals surface area contributed by atoms with Crippen LogP contribution >= 0.6 is 0 Å². The second-order valence-electron chi connectivity index (χ2n) is 4.51. The molecule has 0 aliphatic heterocycles. The van der Waals surface area contributed by atoms with Gasteiger partial charge in [0, 0.05) is 12.1 Å². The number of phenolic OH excluding ortho intramolecular Hbond substituents is 1. The van der Waals surface area contributed by atoms with Gasteiger partial charge in [-0.1, -0.05) is 24.6 Å². The zero-order valence-electron chi connectivity index (χ0n) is 9.29. The van der Waals surface area contributed by atoms with Crippen LogP contribution in [0, 0.1) is 12.8 Å². The third-order valence-electron chi connectivity index (χ3n) is 3.29. The Morgan fingerprint density at radius 2 is 2.20 bits per heavy atom. The number of phenols is 1. The third-order valence-corrected chi connectivity index (χ3v) is 3.29. The average Bonchev–Trinajstić information content (AvgIpc) is 2.16. The first-order valence-electron chi connectivity index (χ1n) is 5.75. The van der Waals surface area contributed by atoms with Crippen LogP contribution in [0.3, 0.4) is 0 Å². The second kappa shape index (κ2) is 4.67. The van der Waals surface area contributed by atoms with Crippen molar-refractivity contribution in [2.75, 3.05) is 6.54 Å². The van der Waals surface area contributed by atoms with Gasteiger partial charge in [-0.3, -0.25) is 0 Å². The van der Waals surface area contributed by atoms with Gasteiger partial charge in [-0.15, -0.1) is 0 Å². The fraction of sp³-hybridized carbons (Fsp3) is 0.538. The van der Waals surface area contributed by atoms with Crippen molar-refractivity contribution >= 4 is 0 Å². The molecule has 2 N–H and O–H groups in total. The molecule has 15 heavy (non-hydrogen) atoms. The predicted octanol–water partition coefficient (Wildman–Crippen LogP) is 2.59. The highest BCUT2D eigenvalue weighted by molar-refractivity contribution is 5.39. The van der Waals surface area contributed by atoms with Crippen molar-refractivity contribution < 1.29 is 5.11 Å². The number of aryl methyl sites for hydroxylation is 1. The van der Waals surface area contributed by atoms with Gasteiger partial charge < -0.3 is 10.4 Å². The molecule has 82 valence electrons. The van der Waals surface area contributed by atoms with E-state index in [4.69, 9.17) is 0 Å². The molecular formula is C13H19NO. The van der Waals surface area contributed by atoms with E-state index in [2.05, 4.69) is 5.32 Å². The van der Waals surface area contributed by atoms with Gasteiger partial charge in [-0.25, -0.2) is 0 Å². The van der Waals surface area contributed by atoms with Gasteiger partial charge >= 0.3 is 0 Å². The predicted molar refractivity (Wildman–Crippen MR) is 61.9 cm³/mol. The summed E-state index contributed by atoms with van der Waals surface area (Å²) in [5.41, 5.74) is 1.97. The Morgan fingerprint density at radius 1 is 1.40 bits per heavy atom. The van der Waals surface area contributed by atoms with Crippen LogP contribution in [0.2, 0.25) is 0 Å². The fourth-order valence-electron chi connectivity index (χ4n) is 1.97. The van der Waals surface area contributed by atoms with E-state index in [1.807, 2.05) is 25.1 Å². The molecule has 1 fully saturated rings. The molecule has 1 aromatic carbocycles. The van der Waals surface area contributed by atoms with E-state index in [-0.39, 0.29) is 0 Å². The van der Waals surface area contributed by atoms with Gasteiger partial charge in [-0.2, -0.15) is 0 Å². The van der Waals surface area contributed by atoms with E-state index < -0.39 is 0 Å². The minimum Gasteiger partial charge on any atom is -0.507 e. The van der Waals surface area contributed by atoms with E-state index >= 15 is 0 Å². The molecule has 0 unspecified atom stereocenters. The van der Waals surface area contributed by atoms with Gasteiger partial charge in [0.25, 0.3) is 0 Å². The van der Waals surface area contributed by atoms with Crippen LogP contribution in [-0.4, -0.2) is 11.7 Å². The maximum absolute atomic E-state index is 9.79. The van der Waals surface area contributed by atoms with Crippen LogP contribution in [0.5, 0.6) is 5.75 Å². The van der Waals surface area contributed by atoms with Crippen LogP contribution in [0.15, 0.2) is 18.2 Å². The Hall–Kier alpha value is -1.02. The Balaban J connectivity index is 1.84. The van der Waals surface area contributed by atoms with E-state index in [0.29, 0.717) is 5.75 Å². The molecule has 1 saturated carbocycles. The molecule has 0 atom stereocenters. The minimum absolute atomic E-state index is 0.443. The topological polar surface area (TPSA) is 32.3 Å². The Bertz CT molecular complexity index is 331. The summed E-state index contributed by atoms with van der Waals surface area (Å²) < 4.78 is 0. The normalized spacial score (nSPS) is 16.3. The Kier molecular flexibility index (Phi) is 3.27. The number of para-hydroxylation sites is 1. The summed E-state index contributed by atoms with van der Waals surface area (Å²) in [6, 6.07) is 5.91. The zero-order chi connectivity index (χ0) is 10.7. The first kappa shape index (κ1) is 10.5. The van der Waals surface area contributed by atoms with Crippen LogP contribution in [-0.2, 0) is 6.54 Å². The molecule has 0 spiro atoms. The van der Waals surface area contributed by atoms with Gasteiger partial charge in [0.05, 0.1) is 0 Å². The van der Waals surface area contributed by atoms with Crippen molar-refractivity contribution in [3.8, 4) is 5.75 Å². The SMILES string of the molecule is Cc1cccc(CNCC2CCC2)c1O.